The molecule has 1 heterocycles. The summed E-state index contributed by atoms with van der Waals surface area (Å²) in [7, 11) is 0. The molecule has 1 aromatic heterocycles. The van der Waals surface area contributed by atoms with Gasteiger partial charge in [-0.05, 0) is 43.6 Å². The Morgan fingerprint density at radius 1 is 1.29 bits per heavy atom. The van der Waals surface area contributed by atoms with Gasteiger partial charge in [-0.2, -0.15) is 0 Å². The van der Waals surface area contributed by atoms with Crippen LogP contribution in [0.3, 0.4) is 0 Å². The maximum absolute atomic E-state index is 11.6. The zero-order valence-corrected chi connectivity index (χ0v) is 13.3. The van der Waals surface area contributed by atoms with Gasteiger partial charge in [0.05, 0.1) is 11.8 Å². The summed E-state index contributed by atoms with van der Waals surface area (Å²) < 4.78 is 0. The molecule has 1 unspecified atom stereocenters. The van der Waals surface area contributed by atoms with Crippen LogP contribution >= 0.6 is 0 Å². The van der Waals surface area contributed by atoms with E-state index in [0.717, 1.165) is 60.0 Å². The highest BCUT2D eigenvalue weighted by molar-refractivity contribution is 5.80. The fraction of sp³-hybridized carbons (Fsp3) is 0.667. The normalized spacial score (nSPS) is 24.9. The van der Waals surface area contributed by atoms with Crippen molar-refractivity contribution < 1.29 is 9.90 Å². The molecule has 0 spiro atoms. The Bertz CT molecular complexity index is 571. The predicted octanol–water partition coefficient (Wildman–Crippen LogP) is 3.87. The summed E-state index contributed by atoms with van der Waals surface area (Å²) in [5.41, 5.74) is 4.69. The van der Waals surface area contributed by atoms with Gasteiger partial charge >= 0.3 is 0 Å². The van der Waals surface area contributed by atoms with Gasteiger partial charge in [0.2, 0.25) is 0 Å². The van der Waals surface area contributed by atoms with Crippen LogP contribution in [0.15, 0.2) is 0 Å². The average molecular weight is 287 g/mol. The molecule has 3 heteroatoms. The van der Waals surface area contributed by atoms with Crippen molar-refractivity contribution in [2.24, 2.45) is 5.41 Å². The third-order valence-electron chi connectivity index (χ3n) is 5.24. The Morgan fingerprint density at radius 3 is 2.57 bits per heavy atom. The van der Waals surface area contributed by atoms with E-state index in [-0.39, 0.29) is 5.41 Å². The van der Waals surface area contributed by atoms with E-state index in [0.29, 0.717) is 5.92 Å². The zero-order valence-electron chi connectivity index (χ0n) is 13.3. The highest BCUT2D eigenvalue weighted by atomic mass is 16.3. The molecule has 114 valence electrons. The molecule has 1 atom stereocenters. The van der Waals surface area contributed by atoms with Crippen LogP contribution in [0.1, 0.15) is 90.8 Å². The molecule has 0 saturated heterocycles. The van der Waals surface area contributed by atoms with Gasteiger partial charge < -0.3 is 5.11 Å². The SMILES string of the molecule is Cc1c(C=O)c(C2CCCC2)nc2c1C(O)CC(C)(C)C2. The quantitative estimate of drug-likeness (QED) is 0.840. The molecule has 0 aromatic carbocycles. The molecule has 1 N–H and O–H groups in total. The average Bonchev–Trinajstić information content (AvgIpc) is 2.89. The fourth-order valence-electron chi connectivity index (χ4n) is 4.21. The first-order valence-electron chi connectivity index (χ1n) is 8.09. The van der Waals surface area contributed by atoms with Crippen molar-refractivity contribution in [2.75, 3.05) is 0 Å². The minimum atomic E-state index is -0.493. The number of fused-ring (bicyclic) bond motifs is 1. The van der Waals surface area contributed by atoms with Gasteiger partial charge in [0.15, 0.2) is 6.29 Å². The van der Waals surface area contributed by atoms with Gasteiger partial charge in [-0.15, -0.1) is 0 Å². The molecule has 1 fully saturated rings. The van der Waals surface area contributed by atoms with Crippen molar-refractivity contribution in [2.45, 2.75) is 71.3 Å². The van der Waals surface area contributed by atoms with Crippen LogP contribution in [0.5, 0.6) is 0 Å². The van der Waals surface area contributed by atoms with Gasteiger partial charge in [0.1, 0.15) is 0 Å². The molecule has 1 aromatic rings. The Hall–Kier alpha value is -1.22. The van der Waals surface area contributed by atoms with Crippen molar-refractivity contribution in [1.82, 2.24) is 4.98 Å². The number of aliphatic hydroxyl groups excluding tert-OH is 1. The van der Waals surface area contributed by atoms with Gasteiger partial charge in [-0.1, -0.05) is 26.7 Å². The Labute approximate surface area is 126 Å². The number of aliphatic hydroxyl groups is 1. The number of aromatic nitrogens is 1. The topological polar surface area (TPSA) is 50.2 Å². The van der Waals surface area contributed by atoms with Crippen LogP contribution in [-0.4, -0.2) is 16.4 Å². The van der Waals surface area contributed by atoms with Crippen molar-refractivity contribution in [1.29, 1.82) is 0 Å². The second kappa shape index (κ2) is 5.20. The molecule has 2 aliphatic rings. The lowest BCUT2D eigenvalue weighted by Crippen LogP contribution is -2.28. The maximum atomic E-state index is 11.6. The summed E-state index contributed by atoms with van der Waals surface area (Å²) >= 11 is 0. The first-order chi connectivity index (χ1) is 9.93. The third kappa shape index (κ3) is 2.52. The molecule has 0 bridgehead atoms. The summed E-state index contributed by atoms with van der Waals surface area (Å²) in [5, 5.41) is 10.5. The van der Waals surface area contributed by atoms with Crippen molar-refractivity contribution in [3.8, 4) is 0 Å². The summed E-state index contributed by atoms with van der Waals surface area (Å²) in [4.78, 5) is 16.5. The smallest absolute Gasteiger partial charge is 0.152 e. The Balaban J connectivity index is 2.15. The standard InChI is InChI=1S/C18H25NO2/c1-11-13(10-20)17(12-6-4-5-7-12)19-14-8-18(2,3)9-15(21)16(11)14/h10,12,15,21H,4-9H2,1-3H3. The molecule has 3 nitrogen and oxygen atoms in total. The number of hydrogen-bond acceptors (Lipinski definition) is 3. The van der Waals surface area contributed by atoms with Crippen LogP contribution in [0, 0.1) is 12.3 Å². The minimum Gasteiger partial charge on any atom is -0.388 e. The lowest BCUT2D eigenvalue weighted by atomic mass is 9.73. The summed E-state index contributed by atoms with van der Waals surface area (Å²) in [6, 6.07) is 0. The summed E-state index contributed by atoms with van der Waals surface area (Å²) in [6.45, 7) is 6.34. The van der Waals surface area contributed by atoms with Crippen LogP contribution in [0.2, 0.25) is 0 Å². The van der Waals surface area contributed by atoms with Gasteiger partial charge in [0, 0.05) is 22.7 Å². The zero-order chi connectivity index (χ0) is 15.2. The van der Waals surface area contributed by atoms with E-state index >= 15 is 0 Å². The largest absolute Gasteiger partial charge is 0.388 e. The first-order valence-corrected chi connectivity index (χ1v) is 8.09. The van der Waals surface area contributed by atoms with E-state index in [1.54, 1.807) is 0 Å². The molecular formula is C18H25NO2. The van der Waals surface area contributed by atoms with Crippen molar-refractivity contribution in [3.05, 3.63) is 28.1 Å². The number of nitrogens with zero attached hydrogens (tertiary/aromatic N) is 1. The third-order valence-corrected chi connectivity index (χ3v) is 5.24. The van der Waals surface area contributed by atoms with E-state index in [2.05, 4.69) is 13.8 Å². The number of pyridine rings is 1. The van der Waals surface area contributed by atoms with E-state index in [1.807, 2.05) is 6.92 Å². The molecule has 0 amide bonds. The number of rotatable bonds is 2. The van der Waals surface area contributed by atoms with Gasteiger partial charge in [0.25, 0.3) is 0 Å². The highest BCUT2D eigenvalue weighted by Gasteiger charge is 2.35. The Kier molecular flexibility index (Phi) is 3.64. The molecule has 0 aliphatic heterocycles. The molecule has 21 heavy (non-hydrogen) atoms. The van der Waals surface area contributed by atoms with Crippen LogP contribution < -0.4 is 0 Å². The highest BCUT2D eigenvalue weighted by Crippen LogP contribution is 2.44. The molecular weight excluding hydrogens is 262 g/mol. The number of carbonyl (C=O) groups excluding carboxylic acids is 1. The lowest BCUT2D eigenvalue weighted by molar-refractivity contribution is 0.0971. The second-order valence-electron chi connectivity index (χ2n) is 7.56. The maximum Gasteiger partial charge on any atom is 0.152 e. The molecule has 1 saturated carbocycles. The number of hydrogen-bond donors (Lipinski definition) is 1. The number of aldehydes is 1. The first kappa shape index (κ1) is 14.7. The fourth-order valence-corrected chi connectivity index (χ4v) is 4.21. The van der Waals surface area contributed by atoms with E-state index in [9.17, 15) is 9.90 Å². The van der Waals surface area contributed by atoms with E-state index in [4.69, 9.17) is 4.98 Å². The molecule has 0 radical (unpaired) electrons. The van der Waals surface area contributed by atoms with Gasteiger partial charge in [-0.25, -0.2) is 0 Å². The summed E-state index contributed by atoms with van der Waals surface area (Å²) in [6.07, 6.45) is 6.82. The van der Waals surface area contributed by atoms with Crippen molar-refractivity contribution in [3.63, 3.8) is 0 Å². The molecule has 3 rings (SSSR count). The predicted molar refractivity (Wildman–Crippen MR) is 82.6 cm³/mol. The monoisotopic (exact) mass is 287 g/mol. The van der Waals surface area contributed by atoms with Crippen LogP contribution in [0.4, 0.5) is 0 Å². The second-order valence-corrected chi connectivity index (χ2v) is 7.56. The molecule has 2 aliphatic carbocycles. The lowest BCUT2D eigenvalue weighted by Gasteiger charge is -2.36. The Morgan fingerprint density at radius 2 is 1.95 bits per heavy atom. The van der Waals surface area contributed by atoms with Crippen molar-refractivity contribution >= 4 is 6.29 Å². The summed E-state index contributed by atoms with van der Waals surface area (Å²) in [5.74, 6) is 0.427. The minimum absolute atomic E-state index is 0.0709. The van der Waals surface area contributed by atoms with Gasteiger partial charge in [-0.3, -0.25) is 9.78 Å². The van der Waals surface area contributed by atoms with Crippen LogP contribution in [-0.2, 0) is 6.42 Å². The van der Waals surface area contributed by atoms with E-state index < -0.39 is 6.10 Å². The number of carbonyl (C=O) groups is 1. The van der Waals surface area contributed by atoms with Crippen LogP contribution in [0.25, 0.3) is 0 Å². The van der Waals surface area contributed by atoms with E-state index in [1.165, 1.54) is 12.8 Å².